The molecule has 17 heavy (non-hydrogen) atoms. The summed E-state index contributed by atoms with van der Waals surface area (Å²) >= 11 is 0. The van der Waals surface area contributed by atoms with Crippen molar-refractivity contribution < 1.29 is 9.63 Å². The fourth-order valence-corrected chi connectivity index (χ4v) is 2.55. The molecule has 5 heteroatoms. The standard InChI is InChI=1S/C12H21N3O2/c1-10(16)7-11-5-3-2-4-6-15(11)8-12-13-9-17-14-12/h9-11,16H,2-8H2,1H3. The molecule has 96 valence electrons. The number of likely N-dealkylation sites (tertiary alicyclic amines) is 1. The molecule has 0 spiro atoms. The van der Waals surface area contributed by atoms with E-state index in [9.17, 15) is 5.11 Å². The molecule has 0 aliphatic carbocycles. The number of nitrogens with zero attached hydrogens (tertiary/aromatic N) is 3. The molecule has 0 amide bonds. The van der Waals surface area contributed by atoms with Crippen LogP contribution in [0.3, 0.4) is 0 Å². The predicted octanol–water partition coefficient (Wildman–Crippen LogP) is 1.59. The maximum absolute atomic E-state index is 9.56. The Balaban J connectivity index is 1.98. The molecule has 2 atom stereocenters. The quantitative estimate of drug-likeness (QED) is 0.864. The minimum atomic E-state index is -0.245. The zero-order chi connectivity index (χ0) is 12.1. The zero-order valence-corrected chi connectivity index (χ0v) is 10.4. The molecule has 1 aliphatic heterocycles. The van der Waals surface area contributed by atoms with Crippen LogP contribution in [-0.2, 0) is 6.54 Å². The smallest absolute Gasteiger partial charge is 0.213 e. The van der Waals surface area contributed by atoms with Crippen LogP contribution in [0.15, 0.2) is 10.9 Å². The molecule has 1 saturated heterocycles. The summed E-state index contributed by atoms with van der Waals surface area (Å²) in [6.07, 6.45) is 6.86. The van der Waals surface area contributed by atoms with Gasteiger partial charge in [-0.15, -0.1) is 0 Å². The summed E-state index contributed by atoms with van der Waals surface area (Å²) < 4.78 is 4.77. The normalized spacial score (nSPS) is 24.5. The van der Waals surface area contributed by atoms with Crippen LogP contribution in [0.1, 0.15) is 44.9 Å². The number of aliphatic hydroxyl groups excluding tert-OH is 1. The predicted molar refractivity (Wildman–Crippen MR) is 63.3 cm³/mol. The molecule has 0 radical (unpaired) electrons. The van der Waals surface area contributed by atoms with Gasteiger partial charge in [0, 0.05) is 6.04 Å². The molecule has 1 aromatic heterocycles. The minimum Gasteiger partial charge on any atom is -0.393 e. The lowest BCUT2D eigenvalue weighted by molar-refractivity contribution is 0.106. The van der Waals surface area contributed by atoms with E-state index in [0.29, 0.717) is 6.04 Å². The highest BCUT2D eigenvalue weighted by Crippen LogP contribution is 2.21. The Morgan fingerprint density at radius 3 is 3.12 bits per heavy atom. The summed E-state index contributed by atoms with van der Waals surface area (Å²) in [4.78, 5) is 6.45. The number of aliphatic hydroxyl groups is 1. The van der Waals surface area contributed by atoms with Gasteiger partial charge in [0.05, 0.1) is 12.6 Å². The molecule has 0 saturated carbocycles. The van der Waals surface area contributed by atoms with Crippen molar-refractivity contribution in [3.8, 4) is 0 Å². The van der Waals surface area contributed by atoms with Crippen molar-refractivity contribution in [2.75, 3.05) is 6.54 Å². The van der Waals surface area contributed by atoms with Crippen LogP contribution in [-0.4, -0.2) is 38.8 Å². The summed E-state index contributed by atoms with van der Waals surface area (Å²) in [6.45, 7) is 3.65. The van der Waals surface area contributed by atoms with Crippen molar-refractivity contribution in [1.82, 2.24) is 15.0 Å². The number of hydrogen-bond donors (Lipinski definition) is 1. The van der Waals surface area contributed by atoms with Crippen molar-refractivity contribution in [3.63, 3.8) is 0 Å². The summed E-state index contributed by atoms with van der Waals surface area (Å²) in [5.41, 5.74) is 0. The van der Waals surface area contributed by atoms with Crippen LogP contribution in [0.25, 0.3) is 0 Å². The van der Waals surface area contributed by atoms with Gasteiger partial charge < -0.3 is 9.63 Å². The van der Waals surface area contributed by atoms with Gasteiger partial charge in [0.1, 0.15) is 0 Å². The molecule has 5 nitrogen and oxygen atoms in total. The van der Waals surface area contributed by atoms with Crippen LogP contribution in [0.2, 0.25) is 0 Å². The average molecular weight is 239 g/mol. The van der Waals surface area contributed by atoms with Gasteiger partial charge in [0.15, 0.2) is 5.82 Å². The summed E-state index contributed by atoms with van der Waals surface area (Å²) in [6, 6.07) is 0.441. The van der Waals surface area contributed by atoms with E-state index in [0.717, 1.165) is 31.8 Å². The first kappa shape index (κ1) is 12.5. The fraction of sp³-hybridized carbons (Fsp3) is 0.833. The lowest BCUT2D eigenvalue weighted by atomic mass is 10.0. The fourth-order valence-electron chi connectivity index (χ4n) is 2.55. The van der Waals surface area contributed by atoms with Crippen molar-refractivity contribution in [2.45, 2.75) is 57.7 Å². The lowest BCUT2D eigenvalue weighted by Gasteiger charge is -2.29. The number of hydrogen-bond acceptors (Lipinski definition) is 5. The summed E-state index contributed by atoms with van der Waals surface area (Å²) in [5, 5.41) is 13.4. The van der Waals surface area contributed by atoms with Crippen LogP contribution in [0.5, 0.6) is 0 Å². The summed E-state index contributed by atoms with van der Waals surface area (Å²) in [5.74, 6) is 0.738. The van der Waals surface area contributed by atoms with Crippen LogP contribution in [0.4, 0.5) is 0 Å². The molecular formula is C12H21N3O2. The maximum atomic E-state index is 9.56. The molecule has 0 aromatic carbocycles. The maximum Gasteiger partial charge on any atom is 0.213 e. The number of rotatable bonds is 4. The third-order valence-corrected chi connectivity index (χ3v) is 3.36. The molecule has 1 fully saturated rings. The Kier molecular flexibility index (Phi) is 4.50. The molecule has 2 rings (SSSR count). The highest BCUT2D eigenvalue weighted by molar-refractivity contribution is 4.84. The number of aromatic nitrogens is 2. The topological polar surface area (TPSA) is 62.4 Å². The van der Waals surface area contributed by atoms with Crippen molar-refractivity contribution >= 4 is 0 Å². The first-order valence-electron chi connectivity index (χ1n) is 6.43. The zero-order valence-electron chi connectivity index (χ0n) is 10.4. The van der Waals surface area contributed by atoms with Gasteiger partial charge in [-0.25, -0.2) is 0 Å². The average Bonchev–Trinajstić information content (AvgIpc) is 2.69. The van der Waals surface area contributed by atoms with E-state index >= 15 is 0 Å². The highest BCUT2D eigenvalue weighted by Gasteiger charge is 2.23. The van der Waals surface area contributed by atoms with Crippen LogP contribution in [0, 0.1) is 0 Å². The van der Waals surface area contributed by atoms with Gasteiger partial charge in [-0.3, -0.25) is 4.90 Å². The van der Waals surface area contributed by atoms with E-state index in [-0.39, 0.29) is 6.10 Å². The Morgan fingerprint density at radius 2 is 2.41 bits per heavy atom. The Bertz CT molecular complexity index is 314. The molecule has 1 aromatic rings. The molecule has 2 unspecified atom stereocenters. The molecular weight excluding hydrogens is 218 g/mol. The minimum absolute atomic E-state index is 0.245. The SMILES string of the molecule is CC(O)CC1CCCCCN1Cc1ncon1. The van der Waals surface area contributed by atoms with Gasteiger partial charge in [-0.05, 0) is 32.7 Å². The van der Waals surface area contributed by atoms with Crippen LogP contribution >= 0.6 is 0 Å². The highest BCUT2D eigenvalue weighted by atomic mass is 16.5. The first-order chi connectivity index (χ1) is 8.25. The Hall–Kier alpha value is -0.940. The Labute approximate surface area is 102 Å². The molecule has 1 aliphatic rings. The molecule has 0 bridgehead atoms. The molecule has 2 heterocycles. The van der Waals surface area contributed by atoms with E-state index in [1.54, 1.807) is 0 Å². The van der Waals surface area contributed by atoms with Gasteiger partial charge in [-0.2, -0.15) is 4.98 Å². The first-order valence-corrected chi connectivity index (χ1v) is 6.43. The van der Waals surface area contributed by atoms with Crippen molar-refractivity contribution in [1.29, 1.82) is 0 Å². The van der Waals surface area contributed by atoms with E-state index in [1.165, 1.54) is 25.7 Å². The largest absolute Gasteiger partial charge is 0.393 e. The lowest BCUT2D eigenvalue weighted by Crippen LogP contribution is -2.36. The van der Waals surface area contributed by atoms with E-state index in [4.69, 9.17) is 4.52 Å². The second kappa shape index (κ2) is 6.12. The second-order valence-electron chi connectivity index (χ2n) is 4.91. The third kappa shape index (κ3) is 3.78. The van der Waals surface area contributed by atoms with Crippen LogP contribution < -0.4 is 0 Å². The monoisotopic (exact) mass is 239 g/mol. The van der Waals surface area contributed by atoms with Gasteiger partial charge in [0.2, 0.25) is 6.39 Å². The van der Waals surface area contributed by atoms with Gasteiger partial charge in [0.25, 0.3) is 0 Å². The molecule has 1 N–H and O–H groups in total. The van der Waals surface area contributed by atoms with Crippen molar-refractivity contribution in [2.24, 2.45) is 0 Å². The van der Waals surface area contributed by atoms with Crippen molar-refractivity contribution in [3.05, 3.63) is 12.2 Å². The van der Waals surface area contributed by atoms with Gasteiger partial charge in [-0.1, -0.05) is 18.0 Å². The van der Waals surface area contributed by atoms with E-state index in [2.05, 4.69) is 15.0 Å². The van der Waals surface area contributed by atoms with Gasteiger partial charge >= 0.3 is 0 Å². The third-order valence-electron chi connectivity index (χ3n) is 3.36. The Morgan fingerprint density at radius 1 is 1.53 bits per heavy atom. The second-order valence-corrected chi connectivity index (χ2v) is 4.91. The van der Waals surface area contributed by atoms with E-state index in [1.807, 2.05) is 6.92 Å². The van der Waals surface area contributed by atoms with E-state index < -0.39 is 0 Å². The summed E-state index contributed by atoms with van der Waals surface area (Å²) in [7, 11) is 0.